The van der Waals surface area contributed by atoms with Gasteiger partial charge in [0.2, 0.25) is 0 Å². The van der Waals surface area contributed by atoms with Gasteiger partial charge in [0.15, 0.2) is 11.1 Å². The molecule has 0 heterocycles. The van der Waals surface area contributed by atoms with E-state index in [4.69, 9.17) is 21.6 Å². The maximum absolute atomic E-state index is 11.0. The van der Waals surface area contributed by atoms with Crippen molar-refractivity contribution in [1.82, 2.24) is 0 Å². The first-order valence-corrected chi connectivity index (χ1v) is 6.51. The van der Waals surface area contributed by atoms with Crippen molar-refractivity contribution in [2.24, 2.45) is 16.5 Å². The van der Waals surface area contributed by atoms with Crippen LogP contribution >= 0.6 is 11.8 Å². The van der Waals surface area contributed by atoms with E-state index in [1.807, 2.05) is 0 Å². The van der Waals surface area contributed by atoms with Gasteiger partial charge in [-0.1, -0.05) is 18.2 Å². The molecule has 0 aliphatic carbocycles. The van der Waals surface area contributed by atoms with Crippen LogP contribution in [-0.4, -0.2) is 29.5 Å². The van der Waals surface area contributed by atoms with Crippen LogP contribution in [0, 0.1) is 5.41 Å². The van der Waals surface area contributed by atoms with Crippen LogP contribution in [0.2, 0.25) is 0 Å². The Kier molecular flexibility index (Phi) is 9.22. The van der Waals surface area contributed by atoms with E-state index in [0.29, 0.717) is 13.0 Å². The van der Waals surface area contributed by atoms with Gasteiger partial charge in [-0.25, -0.2) is 0 Å². The Morgan fingerprint density at radius 1 is 1.35 bits per heavy atom. The summed E-state index contributed by atoms with van der Waals surface area (Å²) in [6, 6.07) is 0. The number of nitrogens with two attached hydrogens (primary N) is 2. The summed E-state index contributed by atoms with van der Waals surface area (Å²) in [6.45, 7) is 2.23. The van der Waals surface area contributed by atoms with Gasteiger partial charge in [-0.05, 0) is 19.8 Å². The molecule has 0 aromatic rings. The first-order valence-electron chi connectivity index (χ1n) is 5.52. The summed E-state index contributed by atoms with van der Waals surface area (Å²) in [5.74, 6) is 0.538. The molecule has 0 aliphatic heterocycles. The Labute approximate surface area is 106 Å². The molecule has 17 heavy (non-hydrogen) atoms. The van der Waals surface area contributed by atoms with Gasteiger partial charge in [-0.15, -0.1) is 0 Å². The molecule has 0 rings (SSSR count). The number of carbonyl (C=O) groups is 1. The minimum atomic E-state index is -0.145. The van der Waals surface area contributed by atoms with Crippen molar-refractivity contribution in [3.05, 3.63) is 0 Å². The van der Waals surface area contributed by atoms with Crippen molar-refractivity contribution in [1.29, 1.82) is 5.41 Å². The Bertz CT molecular complexity index is 277. The van der Waals surface area contributed by atoms with Crippen molar-refractivity contribution in [3.8, 4) is 0 Å². The molecule has 0 bridgehead atoms. The maximum Gasteiger partial charge on any atom is 0.305 e. The third kappa shape index (κ3) is 11.0. The number of aliphatic imine (C=N–C) groups is 1. The summed E-state index contributed by atoms with van der Waals surface area (Å²) in [7, 11) is 0. The third-order valence-electron chi connectivity index (χ3n) is 1.80. The topological polar surface area (TPSA) is 115 Å². The van der Waals surface area contributed by atoms with E-state index < -0.39 is 0 Å². The molecule has 0 spiro atoms. The maximum atomic E-state index is 11.0. The first kappa shape index (κ1) is 15.8. The van der Waals surface area contributed by atoms with Crippen LogP contribution in [-0.2, 0) is 9.53 Å². The highest BCUT2D eigenvalue weighted by Gasteiger charge is 2.01. The zero-order chi connectivity index (χ0) is 13.1. The molecule has 6 nitrogen and oxygen atoms in total. The average molecular weight is 260 g/mol. The highest BCUT2D eigenvalue weighted by atomic mass is 32.2. The third-order valence-corrected chi connectivity index (χ3v) is 2.66. The van der Waals surface area contributed by atoms with Gasteiger partial charge in [0.05, 0.1) is 6.61 Å². The Morgan fingerprint density at radius 2 is 2.06 bits per heavy atom. The molecule has 0 unspecified atom stereocenters. The van der Waals surface area contributed by atoms with Crippen LogP contribution in [0.4, 0.5) is 0 Å². The number of rotatable bonds is 7. The number of esters is 1. The molecule has 7 heteroatoms. The van der Waals surface area contributed by atoms with E-state index in [9.17, 15) is 4.79 Å². The second-order valence-electron chi connectivity index (χ2n) is 3.31. The van der Waals surface area contributed by atoms with Crippen molar-refractivity contribution in [3.63, 3.8) is 0 Å². The molecule has 0 fully saturated rings. The van der Waals surface area contributed by atoms with E-state index in [2.05, 4.69) is 4.99 Å². The number of guanidine groups is 1. The molecule has 0 aliphatic rings. The van der Waals surface area contributed by atoms with Crippen molar-refractivity contribution in [2.75, 3.05) is 12.4 Å². The molecule has 0 aromatic carbocycles. The lowest BCUT2D eigenvalue weighted by molar-refractivity contribution is -0.143. The lowest BCUT2D eigenvalue weighted by Gasteiger charge is -2.02. The predicted octanol–water partition coefficient (Wildman–Crippen LogP) is 1.05. The second kappa shape index (κ2) is 9.95. The lowest BCUT2D eigenvalue weighted by atomic mass is 10.2. The SMILES string of the molecule is CCOC(=O)CCCCCSC(=N)N=C(N)N. The molecule has 5 N–H and O–H groups in total. The molecule has 0 radical (unpaired) electrons. The lowest BCUT2D eigenvalue weighted by Crippen LogP contribution is -2.23. The fourth-order valence-corrected chi connectivity index (χ4v) is 1.81. The number of unbranched alkanes of at least 4 members (excludes halogenated alkanes) is 2. The van der Waals surface area contributed by atoms with E-state index in [0.717, 1.165) is 25.0 Å². The Morgan fingerprint density at radius 3 is 2.65 bits per heavy atom. The molecule has 0 atom stereocenters. The zero-order valence-corrected chi connectivity index (χ0v) is 10.9. The minimum Gasteiger partial charge on any atom is -0.466 e. The molecule has 0 amide bonds. The fourth-order valence-electron chi connectivity index (χ4n) is 1.10. The summed E-state index contributed by atoms with van der Waals surface area (Å²) in [5, 5.41) is 7.48. The first-order chi connectivity index (χ1) is 8.06. The van der Waals surface area contributed by atoms with Crippen LogP contribution < -0.4 is 11.5 Å². The molecule has 98 valence electrons. The van der Waals surface area contributed by atoms with Crippen molar-refractivity contribution in [2.45, 2.75) is 32.6 Å². The van der Waals surface area contributed by atoms with Crippen LogP contribution in [0.3, 0.4) is 0 Å². The molecule has 0 saturated heterocycles. The monoisotopic (exact) mass is 260 g/mol. The molecular weight excluding hydrogens is 240 g/mol. The summed E-state index contributed by atoms with van der Waals surface area (Å²) >= 11 is 1.29. The average Bonchev–Trinajstić information content (AvgIpc) is 2.22. The number of nitrogens with one attached hydrogen (secondary N) is 1. The molecule has 0 aromatic heterocycles. The normalized spacial score (nSPS) is 9.71. The van der Waals surface area contributed by atoms with Crippen LogP contribution in [0.25, 0.3) is 0 Å². The highest BCUT2D eigenvalue weighted by Crippen LogP contribution is 2.09. The number of amidine groups is 1. The van der Waals surface area contributed by atoms with Gasteiger partial charge in [0, 0.05) is 12.2 Å². The van der Waals surface area contributed by atoms with Crippen LogP contribution in [0.15, 0.2) is 4.99 Å². The minimum absolute atomic E-state index is 0.0928. The van der Waals surface area contributed by atoms with Gasteiger partial charge in [-0.2, -0.15) is 4.99 Å². The largest absolute Gasteiger partial charge is 0.466 e. The summed E-state index contributed by atoms with van der Waals surface area (Å²) in [5.41, 5.74) is 10.3. The van der Waals surface area contributed by atoms with Gasteiger partial charge >= 0.3 is 5.97 Å². The number of carbonyl (C=O) groups excluding carboxylic acids is 1. The van der Waals surface area contributed by atoms with E-state index in [-0.39, 0.29) is 17.1 Å². The van der Waals surface area contributed by atoms with E-state index >= 15 is 0 Å². The van der Waals surface area contributed by atoms with Gasteiger partial charge < -0.3 is 16.2 Å². The summed E-state index contributed by atoms with van der Waals surface area (Å²) in [6.07, 6.45) is 3.13. The van der Waals surface area contributed by atoms with Gasteiger partial charge in [-0.3, -0.25) is 10.2 Å². The predicted molar refractivity (Wildman–Crippen MR) is 71.1 cm³/mol. The van der Waals surface area contributed by atoms with E-state index in [1.54, 1.807) is 6.92 Å². The van der Waals surface area contributed by atoms with Crippen LogP contribution in [0.5, 0.6) is 0 Å². The van der Waals surface area contributed by atoms with Crippen LogP contribution in [0.1, 0.15) is 32.6 Å². The smallest absolute Gasteiger partial charge is 0.305 e. The number of hydrogen-bond acceptors (Lipinski definition) is 4. The standard InChI is InChI=1S/C10H20N4O2S/c1-2-16-8(15)6-4-3-5-7-17-10(13)14-9(11)12/h2-7H2,1H3,(H5,11,12,13,14). The Balaban J connectivity index is 3.38. The number of hydrogen-bond donors (Lipinski definition) is 3. The summed E-state index contributed by atoms with van der Waals surface area (Å²) < 4.78 is 4.81. The number of ether oxygens (including phenoxy) is 1. The Hall–Kier alpha value is -1.24. The summed E-state index contributed by atoms with van der Waals surface area (Å²) in [4.78, 5) is 14.6. The number of nitrogens with zero attached hydrogens (tertiary/aromatic N) is 1. The van der Waals surface area contributed by atoms with Gasteiger partial charge in [0.1, 0.15) is 0 Å². The zero-order valence-electron chi connectivity index (χ0n) is 10.1. The molecular formula is C10H20N4O2S. The second-order valence-corrected chi connectivity index (χ2v) is 4.39. The quantitative estimate of drug-likeness (QED) is 0.274. The highest BCUT2D eigenvalue weighted by molar-refractivity contribution is 8.13. The molecule has 0 saturated carbocycles. The van der Waals surface area contributed by atoms with Gasteiger partial charge in [0.25, 0.3) is 0 Å². The van der Waals surface area contributed by atoms with E-state index in [1.165, 1.54) is 11.8 Å². The number of thioether (sulfide) groups is 1. The fraction of sp³-hybridized carbons (Fsp3) is 0.700. The van der Waals surface area contributed by atoms with Crippen molar-refractivity contribution >= 4 is 28.9 Å². The van der Waals surface area contributed by atoms with Crippen molar-refractivity contribution < 1.29 is 9.53 Å².